The number of thioether (sulfide) groups is 2. The monoisotopic (exact) mass is 505 g/mol. The maximum Gasteiger partial charge on any atom is 0.326 e. The zero-order valence-electron chi connectivity index (χ0n) is 19.5. The van der Waals surface area contributed by atoms with Gasteiger partial charge in [0.2, 0.25) is 11.8 Å². The van der Waals surface area contributed by atoms with E-state index >= 15 is 0 Å². The molecule has 0 N–H and O–H groups in total. The van der Waals surface area contributed by atoms with Crippen molar-refractivity contribution in [3.05, 3.63) is 0 Å². The number of urea groups is 2. The van der Waals surface area contributed by atoms with Crippen LogP contribution in [0.4, 0.5) is 9.59 Å². The number of likely N-dealkylation sites (N-methyl/N-ethyl adjacent to an activating group) is 1. The fourth-order valence-electron chi connectivity index (χ4n) is 4.07. The zero-order chi connectivity index (χ0) is 24.3. The lowest BCUT2D eigenvalue weighted by atomic mass is 10.3. The maximum absolute atomic E-state index is 13.3. The van der Waals surface area contributed by atoms with E-state index in [0.29, 0.717) is 6.54 Å². The van der Waals surface area contributed by atoms with Crippen LogP contribution in [0, 0.1) is 0 Å². The molecule has 33 heavy (non-hydrogen) atoms. The molecule has 186 valence electrons. The molecule has 3 aliphatic heterocycles. The molecule has 6 amide bonds. The van der Waals surface area contributed by atoms with Gasteiger partial charge in [0.05, 0.1) is 0 Å². The molecule has 3 saturated heterocycles. The fraction of sp³-hybridized carbons (Fsp3) is 0.789. The van der Waals surface area contributed by atoms with Crippen molar-refractivity contribution in [3.8, 4) is 0 Å². The number of hydrogen-bond donors (Lipinski definition) is 0. The smallest absolute Gasteiger partial charge is 0.326 e. The molecule has 12 nitrogen and oxygen atoms in total. The van der Waals surface area contributed by atoms with Gasteiger partial charge in [0.1, 0.15) is 31.0 Å². The van der Waals surface area contributed by atoms with E-state index in [1.165, 1.54) is 35.7 Å². The van der Waals surface area contributed by atoms with Crippen molar-refractivity contribution in [2.45, 2.75) is 44.0 Å². The van der Waals surface area contributed by atoms with Crippen LogP contribution < -0.4 is 0 Å². The second-order valence-corrected chi connectivity index (χ2v) is 10.1. The van der Waals surface area contributed by atoms with Gasteiger partial charge in [-0.1, -0.05) is 0 Å². The van der Waals surface area contributed by atoms with E-state index in [2.05, 4.69) is 0 Å². The molecule has 0 bridgehead atoms. The number of rotatable bonds is 9. The first-order chi connectivity index (χ1) is 15.7. The normalized spacial score (nSPS) is 27.4. The number of ether oxygens (including phenoxy) is 3. The predicted molar refractivity (Wildman–Crippen MR) is 122 cm³/mol. The van der Waals surface area contributed by atoms with Gasteiger partial charge in [-0.15, -0.1) is 23.5 Å². The van der Waals surface area contributed by atoms with Gasteiger partial charge in [0.25, 0.3) is 0 Å². The maximum atomic E-state index is 13.3. The third-order valence-electron chi connectivity index (χ3n) is 5.69. The highest BCUT2D eigenvalue weighted by atomic mass is 32.2. The van der Waals surface area contributed by atoms with Gasteiger partial charge >= 0.3 is 12.1 Å². The Labute approximate surface area is 201 Å². The van der Waals surface area contributed by atoms with Gasteiger partial charge in [-0.25, -0.2) is 9.59 Å². The molecule has 3 rings (SSSR count). The Morgan fingerprint density at radius 2 is 1.45 bits per heavy atom. The van der Waals surface area contributed by atoms with Gasteiger partial charge in [-0.3, -0.25) is 29.2 Å². The van der Waals surface area contributed by atoms with Crippen molar-refractivity contribution in [1.82, 2.24) is 24.5 Å². The Kier molecular flexibility index (Phi) is 8.72. The van der Waals surface area contributed by atoms with Crippen molar-refractivity contribution < 1.29 is 33.4 Å². The Bertz CT molecular complexity index is 753. The molecule has 3 heterocycles. The van der Waals surface area contributed by atoms with E-state index in [1.807, 2.05) is 6.92 Å². The van der Waals surface area contributed by atoms with Gasteiger partial charge < -0.3 is 19.1 Å². The SMILES string of the molecule is CCN1C(=O)N(COC2CSC(OC)CS2)C2C1N(CN(C(C)=O)C(C)=O)C(=O)N2COC. The standard InChI is InChI=1S/C19H31N5O7S2/c1-6-20-16-17(24(18(20)27)11-31-15-8-32-14(30-5)7-33-15)23(10-29-4)19(28)22(16)9-21(12(2)25)13(3)26/h14-17H,6-11H2,1-5H3. The van der Waals surface area contributed by atoms with E-state index in [9.17, 15) is 19.2 Å². The summed E-state index contributed by atoms with van der Waals surface area (Å²) in [5.74, 6) is 0.535. The number of methoxy groups -OCH3 is 2. The number of imide groups is 1. The second-order valence-electron chi connectivity index (χ2n) is 7.67. The molecule has 0 spiro atoms. The van der Waals surface area contributed by atoms with E-state index in [-0.39, 0.29) is 37.0 Å². The van der Waals surface area contributed by atoms with Gasteiger partial charge in [0.15, 0.2) is 12.3 Å². The lowest BCUT2D eigenvalue weighted by Crippen LogP contribution is -2.52. The number of hydrogen-bond acceptors (Lipinski definition) is 9. The van der Waals surface area contributed by atoms with E-state index in [0.717, 1.165) is 16.4 Å². The molecule has 0 aliphatic carbocycles. The van der Waals surface area contributed by atoms with E-state index in [4.69, 9.17) is 14.2 Å². The molecule has 0 saturated carbocycles. The lowest BCUT2D eigenvalue weighted by Gasteiger charge is -2.32. The molecule has 0 aromatic heterocycles. The number of carbonyl (C=O) groups excluding carboxylic acids is 4. The van der Waals surface area contributed by atoms with Crippen LogP contribution in [0.2, 0.25) is 0 Å². The van der Waals surface area contributed by atoms with Crippen molar-refractivity contribution in [2.75, 3.05) is 52.4 Å². The van der Waals surface area contributed by atoms with Crippen LogP contribution in [-0.4, -0.2) is 124 Å². The molecular weight excluding hydrogens is 474 g/mol. The predicted octanol–water partition coefficient (Wildman–Crippen LogP) is 0.843. The quantitative estimate of drug-likeness (QED) is 0.450. The first-order valence-corrected chi connectivity index (χ1v) is 12.6. The Morgan fingerprint density at radius 1 is 0.909 bits per heavy atom. The third kappa shape index (κ3) is 5.19. The summed E-state index contributed by atoms with van der Waals surface area (Å²) in [6.07, 6.45) is -1.38. The number of fused-ring (bicyclic) bond motifs is 1. The Morgan fingerprint density at radius 3 is 1.97 bits per heavy atom. The van der Waals surface area contributed by atoms with Crippen LogP contribution in [0.25, 0.3) is 0 Å². The van der Waals surface area contributed by atoms with Crippen molar-refractivity contribution in [1.29, 1.82) is 0 Å². The number of nitrogens with zero attached hydrogens (tertiary/aromatic N) is 5. The first kappa shape index (κ1) is 25.9. The summed E-state index contributed by atoms with van der Waals surface area (Å²) >= 11 is 3.28. The zero-order valence-corrected chi connectivity index (χ0v) is 21.1. The van der Waals surface area contributed by atoms with Crippen molar-refractivity contribution >= 4 is 47.4 Å². The molecule has 0 aromatic rings. The van der Waals surface area contributed by atoms with Gasteiger partial charge in [-0.05, 0) is 6.92 Å². The number of amides is 6. The fourth-order valence-corrected chi connectivity index (χ4v) is 6.58. The molecule has 3 aliphatic rings. The summed E-state index contributed by atoms with van der Waals surface area (Å²) in [4.78, 5) is 57.3. The van der Waals surface area contributed by atoms with E-state index in [1.54, 1.807) is 35.5 Å². The van der Waals surface area contributed by atoms with Crippen molar-refractivity contribution in [3.63, 3.8) is 0 Å². The minimum atomic E-state index is -0.693. The minimum absolute atomic E-state index is 0.00313. The Hall–Kier alpha value is -1.74. The summed E-state index contributed by atoms with van der Waals surface area (Å²) in [7, 11) is 3.13. The van der Waals surface area contributed by atoms with Crippen LogP contribution in [0.1, 0.15) is 20.8 Å². The lowest BCUT2D eigenvalue weighted by molar-refractivity contribution is -0.144. The van der Waals surface area contributed by atoms with Crippen LogP contribution in [0.5, 0.6) is 0 Å². The highest BCUT2D eigenvalue weighted by Gasteiger charge is 2.59. The van der Waals surface area contributed by atoms with Gasteiger partial charge in [-0.2, -0.15) is 0 Å². The molecule has 14 heteroatoms. The molecule has 4 atom stereocenters. The van der Waals surface area contributed by atoms with E-state index < -0.39 is 30.2 Å². The van der Waals surface area contributed by atoms with Crippen LogP contribution in [-0.2, 0) is 23.8 Å². The molecule has 0 aromatic carbocycles. The summed E-state index contributed by atoms with van der Waals surface area (Å²) in [5.41, 5.74) is 0.00487. The van der Waals surface area contributed by atoms with Crippen LogP contribution >= 0.6 is 23.5 Å². The third-order valence-corrected chi connectivity index (χ3v) is 8.51. The van der Waals surface area contributed by atoms with Crippen LogP contribution in [0.3, 0.4) is 0 Å². The highest BCUT2D eigenvalue weighted by molar-refractivity contribution is 8.06. The molecule has 3 fully saturated rings. The average Bonchev–Trinajstić information content (AvgIpc) is 3.20. The highest BCUT2D eigenvalue weighted by Crippen LogP contribution is 2.36. The molecule has 4 unspecified atom stereocenters. The minimum Gasteiger partial charge on any atom is -0.370 e. The van der Waals surface area contributed by atoms with Crippen LogP contribution in [0.15, 0.2) is 0 Å². The molecular formula is C19H31N5O7S2. The largest absolute Gasteiger partial charge is 0.370 e. The summed E-state index contributed by atoms with van der Waals surface area (Å²) in [5, 5.41) is 0. The first-order valence-electron chi connectivity index (χ1n) is 10.5. The summed E-state index contributed by atoms with van der Waals surface area (Å²) in [6, 6.07) is -0.715. The topological polar surface area (TPSA) is 112 Å². The molecule has 0 radical (unpaired) electrons. The van der Waals surface area contributed by atoms with Gasteiger partial charge in [0, 0.05) is 46.1 Å². The van der Waals surface area contributed by atoms with Crippen molar-refractivity contribution in [2.24, 2.45) is 0 Å². The number of carbonyl (C=O) groups is 4. The summed E-state index contributed by atoms with van der Waals surface area (Å²) < 4.78 is 16.6. The second kappa shape index (κ2) is 11.1. The average molecular weight is 506 g/mol. The Balaban J connectivity index is 1.81. The summed E-state index contributed by atoms with van der Waals surface area (Å²) in [6.45, 7) is 4.36.